The number of nitrogens with two attached hydrogens (primary N) is 1. The van der Waals surface area contributed by atoms with Crippen molar-refractivity contribution >= 4 is 12.2 Å². The predicted octanol–water partition coefficient (Wildman–Crippen LogP) is 1.27. The van der Waals surface area contributed by atoms with E-state index in [2.05, 4.69) is 16.8 Å². The highest BCUT2D eigenvalue weighted by atomic mass is 16.7. The molecule has 0 radical (unpaired) electrons. The van der Waals surface area contributed by atoms with Crippen LogP contribution in [0.25, 0.3) is 0 Å². The molecule has 0 spiro atoms. The second kappa shape index (κ2) is 5.72. The topological polar surface area (TPSA) is 78.4 Å². The summed E-state index contributed by atoms with van der Waals surface area (Å²) in [7, 11) is 0. The fraction of sp³-hybridized carbons (Fsp3) is 0.167. The summed E-state index contributed by atoms with van der Waals surface area (Å²) in [6.45, 7) is 4.04. The number of nitrogens with zero attached hydrogens (tertiary/aromatic N) is 2. The van der Waals surface area contributed by atoms with E-state index in [1.807, 2.05) is 18.2 Å². The largest absolute Gasteiger partial charge is 0.460 e. The highest BCUT2D eigenvalue weighted by Crippen LogP contribution is 2.31. The molecule has 0 atom stereocenters. The van der Waals surface area contributed by atoms with E-state index in [1.54, 1.807) is 12.3 Å². The Labute approximate surface area is 104 Å². The number of fused-ring (bicyclic) bond motifs is 1. The number of amidine groups is 1. The minimum absolute atomic E-state index is 0.00751. The molecule has 0 aromatic heterocycles. The van der Waals surface area contributed by atoms with Crippen molar-refractivity contribution in [2.45, 2.75) is 0 Å². The third-order valence-corrected chi connectivity index (χ3v) is 2.11. The molecule has 0 saturated carbocycles. The Morgan fingerprint density at radius 3 is 3.11 bits per heavy atom. The van der Waals surface area contributed by atoms with Gasteiger partial charge in [-0.1, -0.05) is 17.8 Å². The van der Waals surface area contributed by atoms with E-state index >= 15 is 0 Å². The summed E-state index contributed by atoms with van der Waals surface area (Å²) in [6, 6.07) is 5.45. The van der Waals surface area contributed by atoms with Crippen molar-refractivity contribution in [1.82, 2.24) is 0 Å². The molecule has 0 bridgehead atoms. The Morgan fingerprint density at radius 2 is 2.28 bits per heavy atom. The SMILES string of the molecule is C=CCOC(N)=NN=Cc1ccc2c(c1)OCO2. The van der Waals surface area contributed by atoms with Crippen LogP contribution in [0.5, 0.6) is 11.5 Å². The quantitative estimate of drug-likeness (QED) is 0.376. The average Bonchev–Trinajstić information content (AvgIpc) is 2.83. The van der Waals surface area contributed by atoms with Crippen molar-refractivity contribution in [3.8, 4) is 11.5 Å². The molecule has 0 aliphatic carbocycles. The molecule has 2 N–H and O–H groups in total. The van der Waals surface area contributed by atoms with Crippen LogP contribution < -0.4 is 15.2 Å². The van der Waals surface area contributed by atoms with Gasteiger partial charge in [-0.3, -0.25) is 0 Å². The first kappa shape index (κ1) is 12.0. The Morgan fingerprint density at radius 1 is 1.44 bits per heavy atom. The Balaban J connectivity index is 1.98. The molecule has 0 unspecified atom stereocenters. The van der Waals surface area contributed by atoms with Gasteiger partial charge >= 0.3 is 6.02 Å². The molecular weight excluding hydrogens is 234 g/mol. The van der Waals surface area contributed by atoms with Crippen molar-refractivity contribution < 1.29 is 14.2 Å². The van der Waals surface area contributed by atoms with E-state index in [9.17, 15) is 0 Å². The second-order valence-corrected chi connectivity index (χ2v) is 3.40. The van der Waals surface area contributed by atoms with Crippen LogP contribution in [-0.2, 0) is 4.74 Å². The van der Waals surface area contributed by atoms with E-state index in [4.69, 9.17) is 19.9 Å². The summed E-state index contributed by atoms with van der Waals surface area (Å²) in [5, 5.41) is 7.47. The Kier molecular flexibility index (Phi) is 3.80. The molecule has 6 nitrogen and oxygen atoms in total. The maximum atomic E-state index is 5.44. The van der Waals surface area contributed by atoms with Gasteiger partial charge in [0.05, 0.1) is 6.21 Å². The van der Waals surface area contributed by atoms with Crippen LogP contribution in [0.3, 0.4) is 0 Å². The second-order valence-electron chi connectivity index (χ2n) is 3.40. The van der Waals surface area contributed by atoms with Crippen LogP contribution in [0.15, 0.2) is 41.1 Å². The summed E-state index contributed by atoms with van der Waals surface area (Å²) in [5.74, 6) is 1.42. The molecule has 0 amide bonds. The lowest BCUT2D eigenvalue weighted by molar-refractivity contribution is 0.174. The fourth-order valence-electron chi connectivity index (χ4n) is 1.32. The molecule has 1 aliphatic heterocycles. The molecule has 1 aliphatic rings. The van der Waals surface area contributed by atoms with Crippen molar-refractivity contribution in [3.63, 3.8) is 0 Å². The third kappa shape index (κ3) is 3.00. The van der Waals surface area contributed by atoms with Crippen molar-refractivity contribution in [1.29, 1.82) is 0 Å². The lowest BCUT2D eigenvalue weighted by Crippen LogP contribution is -2.15. The zero-order chi connectivity index (χ0) is 12.8. The van der Waals surface area contributed by atoms with Crippen LogP contribution in [0.4, 0.5) is 0 Å². The smallest absolute Gasteiger partial charge is 0.306 e. The zero-order valence-corrected chi connectivity index (χ0v) is 9.70. The van der Waals surface area contributed by atoms with Gasteiger partial charge in [-0.2, -0.15) is 5.10 Å². The van der Waals surface area contributed by atoms with Crippen molar-refractivity contribution in [3.05, 3.63) is 36.4 Å². The lowest BCUT2D eigenvalue weighted by Gasteiger charge is -1.98. The number of hydrogen-bond donors (Lipinski definition) is 1. The number of rotatable bonds is 4. The van der Waals surface area contributed by atoms with Crippen molar-refractivity contribution in [2.24, 2.45) is 15.9 Å². The summed E-state index contributed by atoms with van der Waals surface area (Å²) < 4.78 is 15.4. The average molecular weight is 247 g/mol. The molecule has 0 fully saturated rings. The normalized spacial score (nSPS) is 13.9. The highest BCUT2D eigenvalue weighted by molar-refractivity contribution is 5.82. The van der Waals surface area contributed by atoms with Gasteiger partial charge in [0.2, 0.25) is 6.79 Å². The molecule has 6 heteroatoms. The van der Waals surface area contributed by atoms with Crippen LogP contribution in [0.1, 0.15) is 5.56 Å². The summed E-state index contributed by atoms with van der Waals surface area (Å²) in [6.07, 6.45) is 3.12. The number of benzene rings is 1. The minimum Gasteiger partial charge on any atom is -0.460 e. The molecule has 18 heavy (non-hydrogen) atoms. The van der Waals surface area contributed by atoms with E-state index in [0.717, 1.165) is 11.3 Å². The molecule has 2 rings (SSSR count). The van der Waals surface area contributed by atoms with Crippen LogP contribution >= 0.6 is 0 Å². The highest BCUT2D eigenvalue weighted by Gasteiger charge is 2.12. The van der Waals surface area contributed by atoms with Gasteiger partial charge in [-0.15, -0.1) is 0 Å². The number of ether oxygens (including phenoxy) is 3. The van der Waals surface area contributed by atoms with Gasteiger partial charge in [0, 0.05) is 0 Å². The van der Waals surface area contributed by atoms with Crippen LogP contribution in [0, 0.1) is 0 Å². The summed E-state index contributed by atoms with van der Waals surface area (Å²) in [4.78, 5) is 0. The van der Waals surface area contributed by atoms with Crippen LogP contribution in [0.2, 0.25) is 0 Å². The van der Waals surface area contributed by atoms with Crippen LogP contribution in [-0.4, -0.2) is 25.6 Å². The maximum absolute atomic E-state index is 5.44. The van der Waals surface area contributed by atoms with Crippen molar-refractivity contribution in [2.75, 3.05) is 13.4 Å². The monoisotopic (exact) mass is 247 g/mol. The zero-order valence-electron chi connectivity index (χ0n) is 9.70. The fourth-order valence-corrected chi connectivity index (χ4v) is 1.32. The molecule has 94 valence electrons. The maximum Gasteiger partial charge on any atom is 0.306 e. The Hall–Kier alpha value is -2.50. The first-order valence-corrected chi connectivity index (χ1v) is 5.29. The first-order chi connectivity index (χ1) is 8.79. The summed E-state index contributed by atoms with van der Waals surface area (Å²) >= 11 is 0. The van der Waals surface area contributed by atoms with Gasteiger partial charge < -0.3 is 19.9 Å². The third-order valence-electron chi connectivity index (χ3n) is 2.11. The van der Waals surface area contributed by atoms with E-state index in [0.29, 0.717) is 12.4 Å². The minimum atomic E-state index is -0.00751. The number of hydrogen-bond acceptors (Lipinski definition) is 5. The molecule has 1 heterocycles. The lowest BCUT2D eigenvalue weighted by atomic mass is 10.2. The van der Waals surface area contributed by atoms with Gasteiger partial charge in [-0.25, -0.2) is 0 Å². The standard InChI is InChI=1S/C12H13N3O3/c1-2-5-16-12(13)15-14-7-9-3-4-10-11(6-9)18-8-17-10/h2-4,6-7H,1,5,8H2,(H2,13,15). The molecule has 0 saturated heterocycles. The molecule has 1 aromatic rings. The van der Waals surface area contributed by atoms with Gasteiger partial charge in [0.1, 0.15) is 6.61 Å². The molecule has 1 aromatic carbocycles. The molecular formula is C12H13N3O3. The van der Waals surface area contributed by atoms with Gasteiger partial charge in [0.15, 0.2) is 11.5 Å². The Bertz CT molecular complexity index is 497. The van der Waals surface area contributed by atoms with E-state index in [-0.39, 0.29) is 12.8 Å². The van der Waals surface area contributed by atoms with Gasteiger partial charge in [-0.05, 0) is 23.8 Å². The van der Waals surface area contributed by atoms with E-state index < -0.39 is 0 Å². The van der Waals surface area contributed by atoms with E-state index in [1.165, 1.54) is 0 Å². The summed E-state index contributed by atoms with van der Waals surface area (Å²) in [5.41, 5.74) is 6.27. The predicted molar refractivity (Wildman–Crippen MR) is 67.9 cm³/mol. The first-order valence-electron chi connectivity index (χ1n) is 5.29. The van der Waals surface area contributed by atoms with Gasteiger partial charge in [0.25, 0.3) is 0 Å².